The molecule has 1 saturated heterocycles. The molecule has 0 spiro atoms. The lowest BCUT2D eigenvalue weighted by molar-refractivity contribution is 0.540. The monoisotopic (exact) mass is 286 g/mol. The Morgan fingerprint density at radius 3 is 3.12 bits per heavy atom. The van der Waals surface area contributed by atoms with Crippen LogP contribution in [-0.4, -0.2) is 25.7 Å². The number of nitrogens with one attached hydrogen (secondary N) is 2. The van der Waals surface area contributed by atoms with Gasteiger partial charge in [0.2, 0.25) is 0 Å². The summed E-state index contributed by atoms with van der Waals surface area (Å²) >= 11 is 3.36. The summed E-state index contributed by atoms with van der Waals surface area (Å²) in [7, 11) is 0. The smallest absolute Gasteiger partial charge is 0.126 e. The van der Waals surface area contributed by atoms with Gasteiger partial charge in [-0.1, -0.05) is 15.9 Å². The van der Waals surface area contributed by atoms with Crippen LogP contribution in [0.3, 0.4) is 0 Å². The molecule has 1 unspecified atom stereocenters. The zero-order chi connectivity index (χ0) is 11.4. The van der Waals surface area contributed by atoms with Crippen molar-refractivity contribution in [3.63, 3.8) is 0 Å². The Bertz CT molecular complexity index is 351. The maximum atomic E-state index is 13.4. The summed E-state index contributed by atoms with van der Waals surface area (Å²) < 4.78 is 14.3. The maximum absolute atomic E-state index is 13.4. The fourth-order valence-electron chi connectivity index (χ4n) is 1.97. The van der Waals surface area contributed by atoms with Crippen LogP contribution in [0, 0.1) is 5.82 Å². The topological polar surface area (TPSA) is 24.1 Å². The molecule has 16 heavy (non-hydrogen) atoms. The molecule has 88 valence electrons. The van der Waals surface area contributed by atoms with Gasteiger partial charge < -0.3 is 10.6 Å². The lowest BCUT2D eigenvalue weighted by Gasteiger charge is -2.11. The first-order valence-electron chi connectivity index (χ1n) is 5.64. The van der Waals surface area contributed by atoms with E-state index in [-0.39, 0.29) is 5.82 Å². The molecule has 1 aromatic carbocycles. The van der Waals surface area contributed by atoms with Gasteiger partial charge in [0.1, 0.15) is 5.82 Å². The molecule has 1 aliphatic heterocycles. The zero-order valence-corrected chi connectivity index (χ0v) is 10.7. The number of halogens is 2. The Labute approximate surface area is 104 Å². The van der Waals surface area contributed by atoms with Crippen LogP contribution >= 0.6 is 15.9 Å². The molecule has 0 bridgehead atoms. The Balaban J connectivity index is 1.82. The highest BCUT2D eigenvalue weighted by atomic mass is 79.9. The zero-order valence-electron chi connectivity index (χ0n) is 9.10. The van der Waals surface area contributed by atoms with Gasteiger partial charge in [-0.2, -0.15) is 0 Å². The van der Waals surface area contributed by atoms with E-state index >= 15 is 0 Å². The van der Waals surface area contributed by atoms with Crippen molar-refractivity contribution in [3.8, 4) is 0 Å². The van der Waals surface area contributed by atoms with Gasteiger partial charge in [-0.15, -0.1) is 0 Å². The van der Waals surface area contributed by atoms with E-state index in [4.69, 9.17) is 0 Å². The SMILES string of the molecule is Fc1ccc(Br)cc1CCNC1CCNC1. The van der Waals surface area contributed by atoms with Gasteiger partial charge in [0.05, 0.1) is 0 Å². The third-order valence-electron chi connectivity index (χ3n) is 2.90. The van der Waals surface area contributed by atoms with Crippen molar-refractivity contribution in [1.29, 1.82) is 0 Å². The lowest BCUT2D eigenvalue weighted by Crippen LogP contribution is -2.32. The molecular formula is C12H16BrFN2. The minimum atomic E-state index is -0.116. The third-order valence-corrected chi connectivity index (χ3v) is 3.39. The molecule has 1 aliphatic rings. The molecule has 2 nitrogen and oxygen atoms in total. The van der Waals surface area contributed by atoms with Crippen LogP contribution in [0.2, 0.25) is 0 Å². The molecule has 0 radical (unpaired) electrons. The first-order chi connectivity index (χ1) is 7.75. The molecule has 1 atom stereocenters. The molecule has 2 rings (SSSR count). The van der Waals surface area contributed by atoms with Crippen LogP contribution in [0.15, 0.2) is 22.7 Å². The molecule has 0 saturated carbocycles. The summed E-state index contributed by atoms with van der Waals surface area (Å²) in [6.45, 7) is 2.95. The predicted octanol–water partition coefficient (Wildman–Crippen LogP) is 2.08. The van der Waals surface area contributed by atoms with Gasteiger partial charge in [0, 0.05) is 17.1 Å². The summed E-state index contributed by atoms with van der Waals surface area (Å²) in [5.41, 5.74) is 0.771. The van der Waals surface area contributed by atoms with E-state index in [0.29, 0.717) is 6.04 Å². The van der Waals surface area contributed by atoms with Crippen LogP contribution in [0.1, 0.15) is 12.0 Å². The highest BCUT2D eigenvalue weighted by Crippen LogP contribution is 2.15. The van der Waals surface area contributed by atoms with E-state index in [1.54, 1.807) is 6.07 Å². The minimum absolute atomic E-state index is 0.116. The van der Waals surface area contributed by atoms with E-state index < -0.39 is 0 Å². The summed E-state index contributed by atoms with van der Waals surface area (Å²) in [5.74, 6) is -0.116. The molecule has 0 amide bonds. The Kier molecular flexibility index (Phi) is 4.32. The van der Waals surface area contributed by atoms with E-state index in [9.17, 15) is 4.39 Å². The van der Waals surface area contributed by atoms with Gasteiger partial charge in [-0.05, 0) is 49.7 Å². The van der Waals surface area contributed by atoms with Crippen LogP contribution in [0.25, 0.3) is 0 Å². The average Bonchev–Trinajstić information content (AvgIpc) is 2.76. The normalized spacial score (nSPS) is 20.2. The first-order valence-corrected chi connectivity index (χ1v) is 6.43. The Hall–Kier alpha value is -0.450. The summed E-state index contributed by atoms with van der Waals surface area (Å²) in [6.07, 6.45) is 1.91. The van der Waals surface area contributed by atoms with Crippen LogP contribution in [0.5, 0.6) is 0 Å². The molecule has 0 aliphatic carbocycles. The Morgan fingerprint density at radius 2 is 2.38 bits per heavy atom. The summed E-state index contributed by atoms with van der Waals surface area (Å²) in [5, 5.41) is 6.73. The van der Waals surface area contributed by atoms with E-state index in [2.05, 4.69) is 26.6 Å². The van der Waals surface area contributed by atoms with E-state index in [0.717, 1.165) is 36.1 Å². The number of benzene rings is 1. The molecule has 2 N–H and O–H groups in total. The number of rotatable bonds is 4. The fourth-order valence-corrected chi connectivity index (χ4v) is 2.38. The van der Waals surface area contributed by atoms with Gasteiger partial charge >= 0.3 is 0 Å². The average molecular weight is 287 g/mol. The van der Waals surface area contributed by atoms with Crippen LogP contribution in [-0.2, 0) is 6.42 Å². The Morgan fingerprint density at radius 1 is 1.50 bits per heavy atom. The fraction of sp³-hybridized carbons (Fsp3) is 0.500. The van der Waals surface area contributed by atoms with Crippen molar-refractivity contribution in [1.82, 2.24) is 10.6 Å². The van der Waals surface area contributed by atoms with Gasteiger partial charge in [0.15, 0.2) is 0 Å². The molecule has 0 aromatic heterocycles. The second-order valence-corrected chi connectivity index (χ2v) is 5.05. The third kappa shape index (κ3) is 3.27. The second kappa shape index (κ2) is 5.75. The molecule has 1 heterocycles. The maximum Gasteiger partial charge on any atom is 0.126 e. The largest absolute Gasteiger partial charge is 0.315 e. The highest BCUT2D eigenvalue weighted by Gasteiger charge is 2.13. The molecule has 4 heteroatoms. The molecular weight excluding hydrogens is 271 g/mol. The van der Waals surface area contributed by atoms with Crippen molar-refractivity contribution < 1.29 is 4.39 Å². The summed E-state index contributed by atoms with van der Waals surface area (Å²) in [4.78, 5) is 0. The predicted molar refractivity (Wildman–Crippen MR) is 67.1 cm³/mol. The van der Waals surface area contributed by atoms with Gasteiger partial charge in [-0.25, -0.2) is 4.39 Å². The van der Waals surface area contributed by atoms with Gasteiger partial charge in [0.25, 0.3) is 0 Å². The lowest BCUT2D eigenvalue weighted by atomic mass is 10.1. The standard InChI is InChI=1S/C12H16BrFN2/c13-10-1-2-12(14)9(7-10)3-6-16-11-4-5-15-8-11/h1-2,7,11,15-16H,3-6,8H2. The highest BCUT2D eigenvalue weighted by molar-refractivity contribution is 9.10. The van der Waals surface area contributed by atoms with Crippen molar-refractivity contribution >= 4 is 15.9 Å². The molecule has 1 fully saturated rings. The van der Waals surface area contributed by atoms with Gasteiger partial charge in [-0.3, -0.25) is 0 Å². The van der Waals surface area contributed by atoms with Crippen molar-refractivity contribution in [2.75, 3.05) is 19.6 Å². The number of hydrogen-bond donors (Lipinski definition) is 2. The second-order valence-electron chi connectivity index (χ2n) is 4.13. The van der Waals surface area contributed by atoms with E-state index in [1.165, 1.54) is 12.5 Å². The van der Waals surface area contributed by atoms with Crippen molar-refractivity contribution in [2.24, 2.45) is 0 Å². The summed E-state index contributed by atoms with van der Waals surface area (Å²) in [6, 6.07) is 5.64. The molecule has 1 aromatic rings. The number of hydrogen-bond acceptors (Lipinski definition) is 2. The minimum Gasteiger partial charge on any atom is -0.315 e. The quantitative estimate of drug-likeness (QED) is 0.886. The van der Waals surface area contributed by atoms with Crippen LogP contribution in [0.4, 0.5) is 4.39 Å². The van der Waals surface area contributed by atoms with Crippen molar-refractivity contribution in [2.45, 2.75) is 18.9 Å². The van der Waals surface area contributed by atoms with Crippen molar-refractivity contribution in [3.05, 3.63) is 34.1 Å². The first kappa shape index (κ1) is 12.0. The van der Waals surface area contributed by atoms with Crippen LogP contribution < -0.4 is 10.6 Å². The van der Waals surface area contributed by atoms with E-state index in [1.807, 2.05) is 6.07 Å².